The van der Waals surface area contributed by atoms with Crippen LogP contribution in [0.15, 0.2) is 48.6 Å². The number of esters is 2. The second-order valence-corrected chi connectivity index (χ2v) is 14.8. The van der Waals surface area contributed by atoms with Crippen molar-refractivity contribution in [3.63, 3.8) is 0 Å². The monoisotopic (exact) mass is 748 g/mol. The number of amides is 1. The van der Waals surface area contributed by atoms with Crippen LogP contribution in [-0.4, -0.2) is 53.9 Å². The Kier molecular flexibility index (Phi) is 39.6. The van der Waals surface area contributed by atoms with Crippen molar-refractivity contribution in [2.45, 2.75) is 187 Å². The van der Waals surface area contributed by atoms with Crippen LogP contribution in [0.25, 0.3) is 0 Å². The van der Waals surface area contributed by atoms with Gasteiger partial charge in [0.25, 0.3) is 5.24 Å². The van der Waals surface area contributed by atoms with Gasteiger partial charge in [0, 0.05) is 5.75 Å². The van der Waals surface area contributed by atoms with Crippen molar-refractivity contribution in [1.29, 1.82) is 0 Å². The van der Waals surface area contributed by atoms with Gasteiger partial charge in [0.1, 0.15) is 0 Å². The Labute approximate surface area is 323 Å². The Morgan fingerprint density at radius 3 is 1.29 bits per heavy atom. The fourth-order valence-corrected chi connectivity index (χ4v) is 6.12. The van der Waals surface area contributed by atoms with E-state index in [1.165, 1.54) is 89.9 Å². The lowest BCUT2D eigenvalue weighted by molar-refractivity contribution is -0.146. The highest BCUT2D eigenvalue weighted by Gasteiger charge is 2.22. The van der Waals surface area contributed by atoms with Crippen molar-refractivity contribution in [2.75, 3.05) is 25.6 Å². The number of allylic oxidation sites excluding steroid dienone is 8. The minimum absolute atomic E-state index is 0.0897. The molecule has 0 aromatic heterocycles. The first kappa shape index (κ1) is 49.7. The van der Waals surface area contributed by atoms with Gasteiger partial charge in [-0.2, -0.15) is 0 Å². The van der Waals surface area contributed by atoms with E-state index in [-0.39, 0.29) is 30.4 Å². The fraction of sp³-hybridized carbons (Fsp3) is 0.750. The van der Waals surface area contributed by atoms with Crippen molar-refractivity contribution in [3.8, 4) is 0 Å². The van der Waals surface area contributed by atoms with E-state index in [1.807, 2.05) is 0 Å². The lowest BCUT2D eigenvalue weighted by Gasteiger charge is -2.17. The van der Waals surface area contributed by atoms with Crippen LogP contribution in [0.5, 0.6) is 0 Å². The Hall–Kier alpha value is -2.32. The van der Waals surface area contributed by atoms with E-state index in [0.717, 1.165) is 76.0 Å². The quantitative estimate of drug-likeness (QED) is 0.0370. The van der Waals surface area contributed by atoms with E-state index in [4.69, 9.17) is 14.6 Å². The summed E-state index contributed by atoms with van der Waals surface area (Å²) < 4.78 is 10.8. The van der Waals surface area contributed by atoms with Crippen molar-refractivity contribution >= 4 is 28.9 Å². The molecular formula is C44H77NO6S. The molecule has 7 nitrogen and oxygen atoms in total. The van der Waals surface area contributed by atoms with Crippen LogP contribution >= 0.6 is 11.8 Å². The molecule has 52 heavy (non-hydrogen) atoms. The maximum atomic E-state index is 12.5. The molecule has 0 atom stereocenters. The molecule has 0 aliphatic heterocycles. The molecule has 0 saturated heterocycles. The van der Waals surface area contributed by atoms with E-state index in [9.17, 15) is 14.4 Å². The molecule has 0 aromatic carbocycles. The number of aliphatic hydroxyl groups excluding tert-OH is 1. The average Bonchev–Trinajstić information content (AvgIpc) is 3.13. The van der Waals surface area contributed by atoms with Gasteiger partial charge in [-0.1, -0.05) is 151 Å². The van der Waals surface area contributed by atoms with Crippen LogP contribution in [0.2, 0.25) is 0 Å². The summed E-state index contributed by atoms with van der Waals surface area (Å²) in [5.74, 6) is -0.620. The van der Waals surface area contributed by atoms with Gasteiger partial charge in [-0.05, 0) is 77.0 Å². The van der Waals surface area contributed by atoms with E-state index in [1.54, 1.807) is 0 Å². The zero-order valence-electron chi connectivity index (χ0n) is 33.3. The lowest BCUT2D eigenvalue weighted by atomic mass is 10.1. The summed E-state index contributed by atoms with van der Waals surface area (Å²) in [7, 11) is 0. The first-order chi connectivity index (χ1) is 25.5. The summed E-state index contributed by atoms with van der Waals surface area (Å²) in [5.41, 5.74) is 0. The minimum Gasteiger partial charge on any atom is -0.466 e. The Bertz CT molecular complexity index is 883. The van der Waals surface area contributed by atoms with Crippen molar-refractivity contribution in [3.05, 3.63) is 48.6 Å². The van der Waals surface area contributed by atoms with Gasteiger partial charge in [-0.15, -0.1) is 0 Å². The van der Waals surface area contributed by atoms with Crippen LogP contribution in [0.4, 0.5) is 4.79 Å². The van der Waals surface area contributed by atoms with Crippen molar-refractivity contribution in [1.82, 2.24) is 5.32 Å². The summed E-state index contributed by atoms with van der Waals surface area (Å²) in [6.45, 7) is 5.02. The van der Waals surface area contributed by atoms with Gasteiger partial charge in [-0.25, -0.2) is 0 Å². The maximum Gasteiger partial charge on any atom is 0.307 e. The summed E-state index contributed by atoms with van der Waals surface area (Å²) in [5, 5.41) is 11.4. The number of nitrogens with one attached hydrogen (secondary N) is 1. The molecule has 0 aliphatic rings. The second-order valence-electron chi connectivity index (χ2n) is 13.7. The summed E-state index contributed by atoms with van der Waals surface area (Å²) in [4.78, 5) is 37.3. The number of aliphatic hydroxyl groups is 1. The Morgan fingerprint density at radius 2 is 0.904 bits per heavy atom. The average molecular weight is 748 g/mol. The van der Waals surface area contributed by atoms with Gasteiger partial charge in [-0.3, -0.25) is 14.4 Å². The first-order valence-electron chi connectivity index (χ1n) is 21.0. The summed E-state index contributed by atoms with van der Waals surface area (Å²) in [6, 6.07) is -0.703. The van der Waals surface area contributed by atoms with Crippen LogP contribution < -0.4 is 5.32 Å². The molecular weight excluding hydrogens is 671 g/mol. The van der Waals surface area contributed by atoms with E-state index in [0.29, 0.717) is 13.2 Å². The Morgan fingerprint density at radius 1 is 0.538 bits per heavy atom. The predicted octanol–water partition coefficient (Wildman–Crippen LogP) is 12.3. The van der Waals surface area contributed by atoms with Gasteiger partial charge >= 0.3 is 11.9 Å². The topological polar surface area (TPSA) is 102 Å². The number of ether oxygens (including phenoxy) is 2. The molecule has 0 rings (SSSR count). The van der Waals surface area contributed by atoms with Gasteiger partial charge in [0.05, 0.1) is 38.7 Å². The molecule has 0 aliphatic carbocycles. The molecule has 2 N–H and O–H groups in total. The third-order valence-electron chi connectivity index (χ3n) is 8.69. The van der Waals surface area contributed by atoms with Crippen LogP contribution in [0.1, 0.15) is 181 Å². The standard InChI is InChI=1S/C44H77NO6S/c1-3-5-7-9-11-13-15-17-19-21-23-25-27-29-31-33-36-50-42(47)39-41(45-44(49)52-38-35-46)40-43(48)51-37-34-32-30-28-26-24-22-20-18-16-14-12-10-8-6-4-2/h11-14,17-20,41,46H,3-10,15-16,21-40H2,1-2H3,(H,45,49)/b13-11-,14-12-,19-17-,20-18-. The molecule has 0 saturated carbocycles. The van der Waals surface area contributed by atoms with Crippen LogP contribution in [0.3, 0.4) is 0 Å². The molecule has 0 fully saturated rings. The molecule has 0 unspecified atom stereocenters. The lowest BCUT2D eigenvalue weighted by Crippen LogP contribution is -2.37. The maximum absolute atomic E-state index is 12.5. The van der Waals surface area contributed by atoms with E-state index in [2.05, 4.69) is 67.8 Å². The molecule has 0 aromatic rings. The highest BCUT2D eigenvalue weighted by molar-refractivity contribution is 8.13. The highest BCUT2D eigenvalue weighted by Crippen LogP contribution is 2.12. The number of hydrogen-bond donors (Lipinski definition) is 2. The largest absolute Gasteiger partial charge is 0.466 e. The minimum atomic E-state index is -0.703. The van der Waals surface area contributed by atoms with Gasteiger partial charge in [0.15, 0.2) is 0 Å². The molecule has 300 valence electrons. The molecule has 0 radical (unpaired) electrons. The SMILES string of the molecule is CCCCC/C=C\C/C=C\CCCCCCCCOC(=O)CC(CC(=O)OCCCCCCCC/C=C\C/C=C\CCCCC)NC(=O)SCCO. The Balaban J connectivity index is 4.04. The number of carbonyl (C=O) groups is 3. The summed E-state index contributed by atoms with van der Waals surface area (Å²) >= 11 is 0.923. The number of hydrogen-bond acceptors (Lipinski definition) is 7. The van der Waals surface area contributed by atoms with Crippen LogP contribution in [0, 0.1) is 0 Å². The third kappa shape index (κ3) is 38.9. The number of thioether (sulfide) groups is 1. The smallest absolute Gasteiger partial charge is 0.307 e. The number of carbonyl (C=O) groups excluding carboxylic acids is 3. The third-order valence-corrected chi connectivity index (χ3v) is 9.46. The zero-order chi connectivity index (χ0) is 38.0. The van der Waals surface area contributed by atoms with Crippen LogP contribution in [-0.2, 0) is 19.1 Å². The second kappa shape index (κ2) is 41.4. The molecule has 0 heterocycles. The molecule has 8 heteroatoms. The van der Waals surface area contributed by atoms with Gasteiger partial charge in [0.2, 0.25) is 0 Å². The number of unbranched alkanes of at least 4 members (excludes halogenated alkanes) is 18. The fourth-order valence-electron chi connectivity index (χ4n) is 5.59. The van der Waals surface area contributed by atoms with Crippen molar-refractivity contribution in [2.24, 2.45) is 0 Å². The van der Waals surface area contributed by atoms with E-state index >= 15 is 0 Å². The normalized spacial score (nSPS) is 11.9. The van der Waals surface area contributed by atoms with Gasteiger partial charge < -0.3 is 19.9 Å². The van der Waals surface area contributed by atoms with Crippen molar-refractivity contribution < 1.29 is 29.0 Å². The van der Waals surface area contributed by atoms with E-state index < -0.39 is 18.0 Å². The molecule has 0 spiro atoms. The predicted molar refractivity (Wildman–Crippen MR) is 222 cm³/mol. The highest BCUT2D eigenvalue weighted by atomic mass is 32.2. The molecule has 0 bridgehead atoms. The zero-order valence-corrected chi connectivity index (χ0v) is 34.1. The molecule has 1 amide bonds. The number of rotatable bonds is 37. The first-order valence-corrected chi connectivity index (χ1v) is 22.0. The summed E-state index contributed by atoms with van der Waals surface area (Å²) in [6.07, 6.45) is 45.5.